The quantitative estimate of drug-likeness (QED) is 0.716. The largest absolute Gasteiger partial charge is 0.464 e. The Morgan fingerprint density at radius 2 is 1.75 bits per heavy atom. The highest BCUT2D eigenvalue weighted by atomic mass is 16.5. The van der Waals surface area contributed by atoms with Crippen LogP contribution < -0.4 is 0 Å². The van der Waals surface area contributed by atoms with Gasteiger partial charge in [-0.3, -0.25) is 4.79 Å². The van der Waals surface area contributed by atoms with Crippen LogP contribution in [0.1, 0.15) is 36.5 Å². The Kier molecular flexibility index (Phi) is 6.47. The van der Waals surface area contributed by atoms with E-state index in [-0.39, 0.29) is 12.5 Å². The van der Waals surface area contributed by atoms with Crippen molar-refractivity contribution >= 4 is 17.8 Å². The molecule has 0 N–H and O–H groups in total. The number of ether oxygens (including phenoxy) is 2. The number of carbonyl (C=O) groups excluding carboxylic acids is 3. The lowest BCUT2D eigenvalue weighted by atomic mass is 10.0. The highest BCUT2D eigenvalue weighted by Crippen LogP contribution is 2.19. The lowest BCUT2D eigenvalue weighted by molar-refractivity contribution is -0.157. The number of amides is 1. The standard InChI is InChI=1S/C21H24N2O5/c1-2-27-21(26)18-7-3-4-14-23(18)19(24)15-28-20(25)16-8-10-17(11-9-16)22-12-5-6-13-22/h5-6,8-13,18H,2-4,7,14-15H2,1H3/t18-/m1/s1. The van der Waals surface area contributed by atoms with Gasteiger partial charge in [-0.15, -0.1) is 0 Å². The predicted octanol–water partition coefficient (Wildman–Crippen LogP) is 2.58. The van der Waals surface area contributed by atoms with Gasteiger partial charge in [0.2, 0.25) is 0 Å². The van der Waals surface area contributed by atoms with Crippen LogP contribution in [0.25, 0.3) is 5.69 Å². The molecule has 1 aliphatic heterocycles. The van der Waals surface area contributed by atoms with Crippen molar-refractivity contribution in [2.45, 2.75) is 32.2 Å². The topological polar surface area (TPSA) is 77.8 Å². The zero-order valence-electron chi connectivity index (χ0n) is 15.9. The van der Waals surface area contributed by atoms with Crippen molar-refractivity contribution in [3.8, 4) is 5.69 Å². The second-order valence-corrected chi connectivity index (χ2v) is 6.56. The van der Waals surface area contributed by atoms with E-state index < -0.39 is 24.6 Å². The molecule has 1 fully saturated rings. The summed E-state index contributed by atoms with van der Waals surface area (Å²) in [6, 6.07) is 10.2. The molecule has 1 aliphatic rings. The first-order valence-electron chi connectivity index (χ1n) is 9.46. The average Bonchev–Trinajstić information content (AvgIpc) is 3.27. The molecular weight excluding hydrogens is 360 g/mol. The number of hydrogen-bond donors (Lipinski definition) is 0. The molecular formula is C21H24N2O5. The van der Waals surface area contributed by atoms with E-state index in [2.05, 4.69) is 0 Å². The fourth-order valence-electron chi connectivity index (χ4n) is 3.28. The normalized spacial score (nSPS) is 16.5. The molecule has 0 saturated carbocycles. The van der Waals surface area contributed by atoms with E-state index >= 15 is 0 Å². The van der Waals surface area contributed by atoms with E-state index in [9.17, 15) is 14.4 Å². The second kappa shape index (κ2) is 9.21. The summed E-state index contributed by atoms with van der Waals surface area (Å²) in [4.78, 5) is 38.3. The zero-order chi connectivity index (χ0) is 19.9. The van der Waals surface area contributed by atoms with Crippen molar-refractivity contribution < 1.29 is 23.9 Å². The maximum Gasteiger partial charge on any atom is 0.338 e. The summed E-state index contributed by atoms with van der Waals surface area (Å²) in [6.07, 6.45) is 6.06. The molecule has 0 spiro atoms. The van der Waals surface area contributed by atoms with Gasteiger partial charge in [0.1, 0.15) is 6.04 Å². The maximum absolute atomic E-state index is 12.5. The molecule has 1 saturated heterocycles. The molecule has 0 bridgehead atoms. The van der Waals surface area contributed by atoms with Gasteiger partial charge in [-0.05, 0) is 62.6 Å². The SMILES string of the molecule is CCOC(=O)[C@H]1CCCCN1C(=O)COC(=O)c1ccc(-n2cccc2)cc1. The monoisotopic (exact) mass is 384 g/mol. The average molecular weight is 384 g/mol. The van der Waals surface area contributed by atoms with Gasteiger partial charge in [0.05, 0.1) is 12.2 Å². The van der Waals surface area contributed by atoms with Crippen molar-refractivity contribution in [3.05, 3.63) is 54.4 Å². The van der Waals surface area contributed by atoms with E-state index in [1.807, 2.05) is 29.1 Å². The van der Waals surface area contributed by atoms with Crippen molar-refractivity contribution in [2.24, 2.45) is 0 Å². The lowest BCUT2D eigenvalue weighted by Gasteiger charge is -2.33. The first kappa shape index (κ1) is 19.7. The number of nitrogens with zero attached hydrogens (tertiary/aromatic N) is 2. The fraction of sp³-hybridized carbons (Fsp3) is 0.381. The Hall–Kier alpha value is -3.09. The van der Waals surface area contributed by atoms with Crippen molar-refractivity contribution in [1.82, 2.24) is 9.47 Å². The van der Waals surface area contributed by atoms with Crippen LogP contribution in [0.4, 0.5) is 0 Å². The van der Waals surface area contributed by atoms with Crippen molar-refractivity contribution in [3.63, 3.8) is 0 Å². The molecule has 148 valence electrons. The number of esters is 2. The van der Waals surface area contributed by atoms with Crippen molar-refractivity contribution in [2.75, 3.05) is 19.8 Å². The Labute approximate surface area is 163 Å². The Morgan fingerprint density at radius 3 is 2.43 bits per heavy atom. The number of likely N-dealkylation sites (tertiary alicyclic amines) is 1. The number of rotatable bonds is 6. The van der Waals surface area contributed by atoms with Crippen LogP contribution >= 0.6 is 0 Å². The van der Waals surface area contributed by atoms with E-state index in [0.29, 0.717) is 18.5 Å². The predicted molar refractivity (Wildman–Crippen MR) is 102 cm³/mol. The third-order valence-electron chi connectivity index (χ3n) is 4.71. The molecule has 7 nitrogen and oxygen atoms in total. The second-order valence-electron chi connectivity index (χ2n) is 6.56. The van der Waals surface area contributed by atoms with Gasteiger partial charge in [-0.25, -0.2) is 9.59 Å². The van der Waals surface area contributed by atoms with Gasteiger partial charge in [0.25, 0.3) is 5.91 Å². The molecule has 1 atom stereocenters. The summed E-state index contributed by atoms with van der Waals surface area (Å²) in [7, 11) is 0. The number of aromatic nitrogens is 1. The number of benzene rings is 1. The van der Waals surface area contributed by atoms with Crippen LogP contribution in [-0.4, -0.2) is 53.1 Å². The van der Waals surface area contributed by atoms with Gasteiger partial charge >= 0.3 is 11.9 Å². The van der Waals surface area contributed by atoms with E-state index in [0.717, 1.165) is 18.5 Å². The first-order valence-corrected chi connectivity index (χ1v) is 9.46. The molecule has 0 radical (unpaired) electrons. The van der Waals surface area contributed by atoms with Gasteiger partial charge in [-0.2, -0.15) is 0 Å². The minimum absolute atomic E-state index is 0.269. The lowest BCUT2D eigenvalue weighted by Crippen LogP contribution is -2.50. The molecule has 7 heteroatoms. The Balaban J connectivity index is 1.57. The highest BCUT2D eigenvalue weighted by molar-refractivity contribution is 5.92. The molecule has 3 rings (SSSR count). The minimum Gasteiger partial charge on any atom is -0.464 e. The van der Waals surface area contributed by atoms with Crippen LogP contribution in [0.15, 0.2) is 48.8 Å². The fourth-order valence-corrected chi connectivity index (χ4v) is 3.28. The van der Waals surface area contributed by atoms with Gasteiger partial charge < -0.3 is 18.9 Å². The van der Waals surface area contributed by atoms with Crippen LogP contribution in [-0.2, 0) is 19.1 Å². The molecule has 1 aromatic carbocycles. The summed E-state index contributed by atoms with van der Waals surface area (Å²) in [5.74, 6) is -1.35. The smallest absolute Gasteiger partial charge is 0.338 e. The molecule has 1 aromatic heterocycles. The molecule has 2 aromatic rings. The van der Waals surface area contributed by atoms with Crippen LogP contribution in [0.5, 0.6) is 0 Å². The van der Waals surface area contributed by atoms with Crippen LogP contribution in [0.2, 0.25) is 0 Å². The third kappa shape index (κ3) is 4.60. The van der Waals surface area contributed by atoms with E-state index in [4.69, 9.17) is 9.47 Å². The van der Waals surface area contributed by atoms with Gasteiger partial charge in [0, 0.05) is 24.6 Å². The van der Waals surface area contributed by atoms with Crippen molar-refractivity contribution in [1.29, 1.82) is 0 Å². The van der Waals surface area contributed by atoms with Gasteiger partial charge in [-0.1, -0.05) is 0 Å². The third-order valence-corrected chi connectivity index (χ3v) is 4.71. The first-order chi connectivity index (χ1) is 13.6. The minimum atomic E-state index is -0.597. The van der Waals surface area contributed by atoms with Crippen LogP contribution in [0.3, 0.4) is 0 Å². The van der Waals surface area contributed by atoms with Crippen LogP contribution in [0, 0.1) is 0 Å². The summed E-state index contributed by atoms with van der Waals surface area (Å²) < 4.78 is 12.1. The highest BCUT2D eigenvalue weighted by Gasteiger charge is 2.33. The number of hydrogen-bond acceptors (Lipinski definition) is 5. The molecule has 0 aliphatic carbocycles. The summed E-state index contributed by atoms with van der Waals surface area (Å²) in [5.41, 5.74) is 1.28. The summed E-state index contributed by atoms with van der Waals surface area (Å²) in [6.45, 7) is 2.07. The Morgan fingerprint density at radius 1 is 1.04 bits per heavy atom. The summed E-state index contributed by atoms with van der Waals surface area (Å²) >= 11 is 0. The van der Waals surface area contributed by atoms with E-state index in [1.165, 1.54) is 4.90 Å². The number of carbonyl (C=O) groups is 3. The molecule has 0 unspecified atom stereocenters. The molecule has 1 amide bonds. The molecule has 28 heavy (non-hydrogen) atoms. The number of piperidine rings is 1. The summed E-state index contributed by atoms with van der Waals surface area (Å²) in [5, 5.41) is 0. The molecule has 2 heterocycles. The Bertz CT molecular complexity index is 814. The zero-order valence-corrected chi connectivity index (χ0v) is 15.9. The maximum atomic E-state index is 12.5. The van der Waals surface area contributed by atoms with E-state index in [1.54, 1.807) is 31.2 Å². The van der Waals surface area contributed by atoms with Gasteiger partial charge in [0.15, 0.2) is 6.61 Å².